The maximum absolute atomic E-state index is 9.39. The highest BCUT2D eigenvalue weighted by atomic mass is 15.4. The van der Waals surface area contributed by atoms with Crippen LogP contribution < -0.4 is 0 Å². The lowest BCUT2D eigenvalue weighted by Crippen LogP contribution is -2.37. The third kappa shape index (κ3) is 2.58. The van der Waals surface area contributed by atoms with Gasteiger partial charge in [0.2, 0.25) is 0 Å². The normalized spacial score (nSPS) is 18.4. The summed E-state index contributed by atoms with van der Waals surface area (Å²) < 4.78 is 1.66. The van der Waals surface area contributed by atoms with Gasteiger partial charge in [-0.05, 0) is 25.0 Å². The lowest BCUT2D eigenvalue weighted by molar-refractivity contribution is 0.321. The largest absolute Gasteiger partial charge is 0.339 e. The minimum atomic E-state index is -0.430. The molecule has 25 heavy (non-hydrogen) atoms. The Morgan fingerprint density at radius 2 is 2.04 bits per heavy atom. The van der Waals surface area contributed by atoms with Gasteiger partial charge in [0.25, 0.3) is 0 Å². The molecule has 7 nitrogen and oxygen atoms in total. The molecule has 1 aliphatic heterocycles. The molecule has 2 aromatic rings. The predicted molar refractivity (Wildman–Crippen MR) is 91.5 cm³/mol. The molecule has 0 atom stereocenters. The second-order valence-corrected chi connectivity index (χ2v) is 6.19. The standard InChI is InChI=1S/C18H17N7/c1-14-15(2)24(18(13-19)5-6-18)10-9-23(14)12-16-3-4-17(11-20-16)25-8-7-21-22-25/h3-4,7-11H,1-2,5-6,12H2. The highest BCUT2D eigenvalue weighted by Gasteiger charge is 2.50. The molecule has 1 fully saturated rings. The van der Waals surface area contributed by atoms with Crippen LogP contribution in [0.4, 0.5) is 0 Å². The number of nitriles is 1. The van der Waals surface area contributed by atoms with Gasteiger partial charge in [-0.15, -0.1) is 5.10 Å². The highest BCUT2D eigenvalue weighted by Crippen LogP contribution is 2.45. The first-order valence-electron chi connectivity index (χ1n) is 7.98. The van der Waals surface area contributed by atoms with Crippen molar-refractivity contribution in [2.75, 3.05) is 0 Å². The quantitative estimate of drug-likeness (QED) is 0.856. The van der Waals surface area contributed by atoms with Gasteiger partial charge >= 0.3 is 0 Å². The van der Waals surface area contributed by atoms with E-state index in [1.54, 1.807) is 23.3 Å². The van der Waals surface area contributed by atoms with E-state index in [-0.39, 0.29) is 0 Å². The van der Waals surface area contributed by atoms with Crippen LogP contribution in [0.25, 0.3) is 5.69 Å². The molecular weight excluding hydrogens is 314 g/mol. The van der Waals surface area contributed by atoms with Crippen molar-refractivity contribution in [3.05, 3.63) is 73.4 Å². The van der Waals surface area contributed by atoms with E-state index in [0.717, 1.165) is 35.6 Å². The van der Waals surface area contributed by atoms with Crippen molar-refractivity contribution in [3.8, 4) is 11.8 Å². The summed E-state index contributed by atoms with van der Waals surface area (Å²) in [6, 6.07) is 6.28. The molecule has 3 heterocycles. The minimum absolute atomic E-state index is 0.430. The zero-order chi connectivity index (χ0) is 17.4. The fourth-order valence-corrected chi connectivity index (χ4v) is 2.87. The Bertz CT molecular complexity index is 883. The predicted octanol–water partition coefficient (Wildman–Crippen LogP) is 2.33. The van der Waals surface area contributed by atoms with E-state index in [9.17, 15) is 5.26 Å². The maximum atomic E-state index is 9.39. The molecular formula is C18H17N7. The molecule has 0 amide bonds. The summed E-state index contributed by atoms with van der Waals surface area (Å²) in [5.74, 6) is 0. The Labute approximate surface area is 145 Å². The third-order valence-electron chi connectivity index (χ3n) is 4.59. The first-order valence-corrected chi connectivity index (χ1v) is 7.98. The highest BCUT2D eigenvalue weighted by molar-refractivity contribution is 5.38. The van der Waals surface area contributed by atoms with Crippen LogP contribution in [0, 0.1) is 11.3 Å². The molecule has 124 valence electrons. The van der Waals surface area contributed by atoms with Crippen molar-refractivity contribution in [3.63, 3.8) is 0 Å². The summed E-state index contributed by atoms with van der Waals surface area (Å²) in [6.07, 6.45) is 10.7. The van der Waals surface area contributed by atoms with E-state index in [4.69, 9.17) is 0 Å². The van der Waals surface area contributed by atoms with Gasteiger partial charge in [-0.25, -0.2) is 4.68 Å². The number of hydrogen-bond acceptors (Lipinski definition) is 6. The Hall–Kier alpha value is -3.40. The van der Waals surface area contributed by atoms with Crippen LogP contribution in [-0.4, -0.2) is 35.3 Å². The van der Waals surface area contributed by atoms with Gasteiger partial charge in [0.05, 0.1) is 54.0 Å². The van der Waals surface area contributed by atoms with Crippen LogP contribution in [0.5, 0.6) is 0 Å². The molecule has 0 bridgehead atoms. The molecule has 0 unspecified atom stereocenters. The van der Waals surface area contributed by atoms with E-state index in [0.29, 0.717) is 6.54 Å². The molecule has 7 heteroatoms. The molecule has 0 N–H and O–H groups in total. The summed E-state index contributed by atoms with van der Waals surface area (Å²) in [6.45, 7) is 8.83. The number of aromatic nitrogens is 4. The van der Waals surface area contributed by atoms with Crippen molar-refractivity contribution in [1.29, 1.82) is 5.26 Å². The topological polar surface area (TPSA) is 73.9 Å². The van der Waals surface area contributed by atoms with Gasteiger partial charge in [0, 0.05) is 12.4 Å². The summed E-state index contributed by atoms with van der Waals surface area (Å²) in [4.78, 5) is 8.41. The minimum Gasteiger partial charge on any atom is -0.339 e. The lowest BCUT2D eigenvalue weighted by atomic mass is 10.1. The van der Waals surface area contributed by atoms with Crippen LogP contribution in [0.2, 0.25) is 0 Å². The van der Waals surface area contributed by atoms with E-state index >= 15 is 0 Å². The van der Waals surface area contributed by atoms with Gasteiger partial charge in [-0.3, -0.25) is 4.98 Å². The number of rotatable bonds is 4. The smallest absolute Gasteiger partial charge is 0.132 e. The average Bonchev–Trinajstić information content (AvgIpc) is 3.23. The van der Waals surface area contributed by atoms with Gasteiger partial charge in [0.1, 0.15) is 5.54 Å². The van der Waals surface area contributed by atoms with Crippen LogP contribution in [-0.2, 0) is 6.54 Å². The zero-order valence-corrected chi connectivity index (χ0v) is 13.7. The summed E-state index contributed by atoms with van der Waals surface area (Å²) in [7, 11) is 0. The van der Waals surface area contributed by atoms with Crippen molar-refractivity contribution in [2.45, 2.75) is 24.9 Å². The summed E-state index contributed by atoms with van der Waals surface area (Å²) >= 11 is 0. The van der Waals surface area contributed by atoms with Gasteiger partial charge in [-0.1, -0.05) is 18.4 Å². The van der Waals surface area contributed by atoms with Crippen LogP contribution in [0.15, 0.2) is 67.7 Å². The first kappa shape index (κ1) is 15.1. The van der Waals surface area contributed by atoms with Crippen molar-refractivity contribution in [2.24, 2.45) is 0 Å². The van der Waals surface area contributed by atoms with Crippen LogP contribution in [0.3, 0.4) is 0 Å². The monoisotopic (exact) mass is 331 g/mol. The van der Waals surface area contributed by atoms with E-state index in [2.05, 4.69) is 34.5 Å². The molecule has 2 aliphatic rings. The van der Waals surface area contributed by atoms with Crippen molar-refractivity contribution < 1.29 is 0 Å². The first-order chi connectivity index (χ1) is 12.1. The molecule has 1 aliphatic carbocycles. The molecule has 0 saturated heterocycles. The Morgan fingerprint density at radius 3 is 2.64 bits per heavy atom. The molecule has 4 rings (SSSR count). The van der Waals surface area contributed by atoms with Crippen LogP contribution in [0.1, 0.15) is 18.5 Å². The number of nitrogens with zero attached hydrogens (tertiary/aromatic N) is 7. The van der Waals surface area contributed by atoms with Gasteiger partial charge < -0.3 is 9.80 Å². The summed E-state index contributed by atoms with van der Waals surface area (Å²) in [5.41, 5.74) is 2.87. The SMILES string of the molecule is C=C1C(=C)N(C2(C#N)CC2)C=CN1Cc1ccc(-n2ccnn2)cn1. The van der Waals surface area contributed by atoms with Gasteiger partial charge in [-0.2, -0.15) is 5.26 Å². The third-order valence-corrected chi connectivity index (χ3v) is 4.59. The van der Waals surface area contributed by atoms with E-state index in [1.807, 2.05) is 34.3 Å². The molecule has 0 aromatic carbocycles. The van der Waals surface area contributed by atoms with Gasteiger partial charge in [0.15, 0.2) is 0 Å². The lowest BCUT2D eigenvalue weighted by Gasteiger charge is -2.37. The maximum Gasteiger partial charge on any atom is 0.132 e. The van der Waals surface area contributed by atoms with Crippen molar-refractivity contribution in [1.82, 2.24) is 29.8 Å². The molecule has 0 spiro atoms. The Kier molecular flexibility index (Phi) is 3.39. The number of pyridine rings is 1. The number of hydrogen-bond donors (Lipinski definition) is 0. The second-order valence-electron chi connectivity index (χ2n) is 6.19. The molecule has 2 aromatic heterocycles. The van der Waals surface area contributed by atoms with E-state index in [1.165, 1.54) is 0 Å². The zero-order valence-electron chi connectivity index (χ0n) is 13.7. The second kappa shape index (κ2) is 5.60. The fraction of sp³-hybridized carbons (Fsp3) is 0.222. The average molecular weight is 331 g/mol. The Balaban J connectivity index is 1.50. The molecule has 0 radical (unpaired) electrons. The molecule has 1 saturated carbocycles. The van der Waals surface area contributed by atoms with Crippen LogP contribution >= 0.6 is 0 Å². The fourth-order valence-electron chi connectivity index (χ4n) is 2.87. The van der Waals surface area contributed by atoms with E-state index < -0.39 is 5.54 Å². The Morgan fingerprint density at radius 1 is 1.20 bits per heavy atom. The van der Waals surface area contributed by atoms with Crippen molar-refractivity contribution >= 4 is 0 Å². The summed E-state index contributed by atoms with van der Waals surface area (Å²) in [5, 5.41) is 17.1.